The number of thiophene rings is 1. The van der Waals surface area contributed by atoms with Crippen LogP contribution in [0.3, 0.4) is 0 Å². The number of ether oxygens (including phenoxy) is 1. The van der Waals surface area contributed by atoms with Crippen molar-refractivity contribution in [2.45, 2.75) is 6.92 Å². The molecule has 0 saturated carbocycles. The number of benzene rings is 1. The number of aryl methyl sites for hydroxylation is 1. The third-order valence-electron chi connectivity index (χ3n) is 3.03. The minimum absolute atomic E-state index is 0.371. The molecule has 0 unspecified atom stereocenters. The van der Waals surface area contributed by atoms with Gasteiger partial charge < -0.3 is 4.74 Å². The predicted octanol–water partition coefficient (Wildman–Crippen LogP) is 4.11. The van der Waals surface area contributed by atoms with Gasteiger partial charge in [-0.05, 0) is 25.1 Å². The monoisotopic (exact) mass is 318 g/mol. The number of esters is 1. The maximum atomic E-state index is 11.4. The van der Waals surface area contributed by atoms with Crippen molar-refractivity contribution in [1.82, 2.24) is 9.97 Å². The van der Waals surface area contributed by atoms with Crippen molar-refractivity contribution in [3.8, 4) is 11.4 Å². The van der Waals surface area contributed by atoms with Crippen LogP contribution in [0.15, 0.2) is 30.3 Å². The SMILES string of the molecule is COC(=O)c1ccc(-c2nc(Cl)c3cc(C)sc3n2)cc1. The van der Waals surface area contributed by atoms with E-state index in [0.717, 1.165) is 20.7 Å². The molecule has 6 heteroatoms. The molecule has 0 aliphatic heterocycles. The fraction of sp³-hybridized carbons (Fsp3) is 0.133. The number of hydrogen-bond acceptors (Lipinski definition) is 5. The van der Waals surface area contributed by atoms with Crippen molar-refractivity contribution in [1.29, 1.82) is 0 Å². The second kappa shape index (κ2) is 5.42. The summed E-state index contributed by atoms with van der Waals surface area (Å²) < 4.78 is 4.67. The zero-order chi connectivity index (χ0) is 15.0. The van der Waals surface area contributed by atoms with Crippen molar-refractivity contribution in [2.24, 2.45) is 0 Å². The standard InChI is InChI=1S/C15H11ClN2O2S/c1-8-7-11-12(16)17-13(18-14(11)21-8)9-3-5-10(6-4-9)15(19)20-2/h3-7H,1-2H3. The van der Waals surface area contributed by atoms with E-state index in [1.807, 2.05) is 13.0 Å². The molecule has 3 rings (SSSR count). The van der Waals surface area contributed by atoms with E-state index in [1.165, 1.54) is 7.11 Å². The van der Waals surface area contributed by atoms with Crippen LogP contribution < -0.4 is 0 Å². The fourth-order valence-corrected chi connectivity index (χ4v) is 3.17. The van der Waals surface area contributed by atoms with Gasteiger partial charge in [-0.25, -0.2) is 14.8 Å². The molecule has 0 radical (unpaired) electrons. The highest BCUT2D eigenvalue weighted by Crippen LogP contribution is 2.30. The smallest absolute Gasteiger partial charge is 0.337 e. The first-order chi connectivity index (χ1) is 10.1. The van der Waals surface area contributed by atoms with Crippen molar-refractivity contribution in [3.63, 3.8) is 0 Å². The molecule has 2 heterocycles. The maximum absolute atomic E-state index is 11.4. The van der Waals surface area contributed by atoms with Gasteiger partial charge in [0.2, 0.25) is 0 Å². The van der Waals surface area contributed by atoms with Crippen LogP contribution in [0.5, 0.6) is 0 Å². The first kappa shape index (κ1) is 14.0. The van der Waals surface area contributed by atoms with Gasteiger partial charge in [-0.15, -0.1) is 11.3 Å². The summed E-state index contributed by atoms with van der Waals surface area (Å²) in [6, 6.07) is 8.91. The highest BCUT2D eigenvalue weighted by molar-refractivity contribution is 7.18. The molecule has 0 aliphatic carbocycles. The summed E-state index contributed by atoms with van der Waals surface area (Å²) in [6.07, 6.45) is 0. The summed E-state index contributed by atoms with van der Waals surface area (Å²) in [5.74, 6) is 0.176. The zero-order valence-electron chi connectivity index (χ0n) is 11.4. The molecule has 0 N–H and O–H groups in total. The highest BCUT2D eigenvalue weighted by Gasteiger charge is 2.11. The molecule has 0 atom stereocenters. The van der Waals surface area contributed by atoms with Gasteiger partial charge in [0.15, 0.2) is 5.82 Å². The first-order valence-corrected chi connectivity index (χ1v) is 7.40. The third kappa shape index (κ3) is 2.62. The second-order valence-corrected chi connectivity index (χ2v) is 6.08. The molecular formula is C15H11ClN2O2S. The largest absolute Gasteiger partial charge is 0.465 e. The Kier molecular flexibility index (Phi) is 3.61. The third-order valence-corrected chi connectivity index (χ3v) is 4.27. The molecule has 3 aromatic rings. The van der Waals surface area contributed by atoms with Crippen LogP contribution in [0.4, 0.5) is 0 Å². The van der Waals surface area contributed by atoms with Gasteiger partial charge in [-0.1, -0.05) is 23.7 Å². The maximum Gasteiger partial charge on any atom is 0.337 e. The van der Waals surface area contributed by atoms with Crippen LogP contribution in [0, 0.1) is 6.92 Å². The summed E-state index contributed by atoms with van der Waals surface area (Å²) in [7, 11) is 1.35. The summed E-state index contributed by atoms with van der Waals surface area (Å²) in [6.45, 7) is 2.01. The average Bonchev–Trinajstić information content (AvgIpc) is 2.87. The Hall–Kier alpha value is -1.98. The van der Waals surface area contributed by atoms with Crippen LogP contribution >= 0.6 is 22.9 Å². The molecule has 0 saturated heterocycles. The number of methoxy groups -OCH3 is 1. The lowest BCUT2D eigenvalue weighted by atomic mass is 10.1. The zero-order valence-corrected chi connectivity index (χ0v) is 13.0. The number of hydrogen-bond donors (Lipinski definition) is 0. The topological polar surface area (TPSA) is 52.1 Å². The highest BCUT2D eigenvalue weighted by atomic mass is 35.5. The number of nitrogens with zero attached hydrogens (tertiary/aromatic N) is 2. The average molecular weight is 319 g/mol. The number of halogens is 1. The molecule has 2 aromatic heterocycles. The van der Waals surface area contributed by atoms with Crippen LogP contribution in [0.25, 0.3) is 21.6 Å². The lowest BCUT2D eigenvalue weighted by Crippen LogP contribution is -2.00. The molecule has 0 fully saturated rings. The molecule has 0 spiro atoms. The van der Waals surface area contributed by atoms with Crippen molar-refractivity contribution in [2.75, 3.05) is 7.11 Å². The van der Waals surface area contributed by atoms with E-state index in [1.54, 1.807) is 35.6 Å². The lowest BCUT2D eigenvalue weighted by molar-refractivity contribution is 0.0601. The van der Waals surface area contributed by atoms with Gasteiger partial charge in [-0.3, -0.25) is 0 Å². The minimum Gasteiger partial charge on any atom is -0.465 e. The van der Waals surface area contributed by atoms with Crippen LogP contribution in [-0.4, -0.2) is 23.0 Å². The second-order valence-electron chi connectivity index (χ2n) is 4.48. The summed E-state index contributed by atoms with van der Waals surface area (Å²) in [5.41, 5.74) is 1.29. The van der Waals surface area contributed by atoms with E-state index in [4.69, 9.17) is 11.6 Å². The van der Waals surface area contributed by atoms with Gasteiger partial charge in [0.25, 0.3) is 0 Å². The number of fused-ring (bicyclic) bond motifs is 1. The van der Waals surface area contributed by atoms with Gasteiger partial charge in [-0.2, -0.15) is 0 Å². The Labute approximate surface area is 130 Å². The van der Waals surface area contributed by atoms with Gasteiger partial charge in [0.1, 0.15) is 9.98 Å². The Morgan fingerprint density at radius 2 is 1.95 bits per heavy atom. The van der Waals surface area contributed by atoms with E-state index in [9.17, 15) is 4.79 Å². The lowest BCUT2D eigenvalue weighted by Gasteiger charge is -2.03. The van der Waals surface area contributed by atoms with E-state index >= 15 is 0 Å². The van der Waals surface area contributed by atoms with Crippen molar-refractivity contribution >= 4 is 39.1 Å². The van der Waals surface area contributed by atoms with E-state index in [-0.39, 0.29) is 5.97 Å². The number of rotatable bonds is 2. The molecule has 4 nitrogen and oxygen atoms in total. The van der Waals surface area contributed by atoms with E-state index in [2.05, 4.69) is 14.7 Å². The van der Waals surface area contributed by atoms with E-state index in [0.29, 0.717) is 16.5 Å². The van der Waals surface area contributed by atoms with E-state index < -0.39 is 0 Å². The van der Waals surface area contributed by atoms with Gasteiger partial charge in [0, 0.05) is 15.8 Å². The molecule has 106 valence electrons. The van der Waals surface area contributed by atoms with Gasteiger partial charge >= 0.3 is 5.97 Å². The van der Waals surface area contributed by atoms with Crippen molar-refractivity contribution in [3.05, 3.63) is 45.9 Å². The molecule has 0 aliphatic rings. The van der Waals surface area contributed by atoms with Crippen LogP contribution in [0.1, 0.15) is 15.2 Å². The Balaban J connectivity index is 2.05. The Morgan fingerprint density at radius 1 is 1.24 bits per heavy atom. The summed E-state index contributed by atoms with van der Waals surface area (Å²) in [4.78, 5) is 22.3. The number of carbonyl (C=O) groups is 1. The Bertz CT molecular complexity index is 828. The molecular weight excluding hydrogens is 308 g/mol. The Morgan fingerprint density at radius 3 is 2.62 bits per heavy atom. The van der Waals surface area contributed by atoms with Crippen molar-refractivity contribution < 1.29 is 9.53 Å². The van der Waals surface area contributed by atoms with Crippen LogP contribution in [0.2, 0.25) is 5.15 Å². The minimum atomic E-state index is -0.371. The first-order valence-electron chi connectivity index (χ1n) is 6.21. The number of carbonyl (C=O) groups excluding carboxylic acids is 1. The predicted molar refractivity (Wildman–Crippen MR) is 83.9 cm³/mol. The summed E-state index contributed by atoms with van der Waals surface area (Å²) >= 11 is 7.79. The quantitative estimate of drug-likeness (QED) is 0.527. The molecule has 1 aromatic carbocycles. The van der Waals surface area contributed by atoms with Crippen LogP contribution in [-0.2, 0) is 4.74 Å². The number of aromatic nitrogens is 2. The van der Waals surface area contributed by atoms with Gasteiger partial charge in [0.05, 0.1) is 12.7 Å². The molecule has 21 heavy (non-hydrogen) atoms. The normalized spacial score (nSPS) is 10.8. The molecule has 0 amide bonds. The fourth-order valence-electron chi connectivity index (χ4n) is 2.01. The summed E-state index contributed by atoms with van der Waals surface area (Å²) in [5, 5.41) is 1.31. The molecule has 0 bridgehead atoms.